The van der Waals surface area contributed by atoms with Crippen LogP contribution in [0.3, 0.4) is 0 Å². The Bertz CT molecular complexity index is 863. The number of amides is 2. The summed E-state index contributed by atoms with van der Waals surface area (Å²) in [6.45, 7) is 2.17. The molecule has 2 amide bonds. The fraction of sp³-hybridized carbons (Fsp3) is 0.111. The largest absolute Gasteiger partial charge is 0.501 e. The topological polar surface area (TPSA) is 46.6 Å². The Hall–Kier alpha value is -2.66. The predicted molar refractivity (Wildman–Crippen MR) is 89.3 cm³/mol. The molecule has 4 nitrogen and oxygen atoms in total. The van der Waals surface area contributed by atoms with Crippen LogP contribution in [-0.4, -0.2) is 18.4 Å². The van der Waals surface area contributed by atoms with E-state index in [1.807, 2.05) is 0 Å². The molecule has 0 radical (unpaired) electrons. The van der Waals surface area contributed by atoms with Gasteiger partial charge in [-0.1, -0.05) is 29.8 Å². The Kier molecular flexibility index (Phi) is 4.36. The normalized spacial score (nSPS) is 15.6. The number of hydrogen-bond acceptors (Lipinski definition) is 3. The van der Waals surface area contributed by atoms with Gasteiger partial charge in [0.25, 0.3) is 11.8 Å². The molecule has 1 aliphatic rings. The fourth-order valence-corrected chi connectivity index (χ4v) is 2.77. The highest BCUT2D eigenvalue weighted by Crippen LogP contribution is 2.35. The lowest BCUT2D eigenvalue weighted by Crippen LogP contribution is -2.42. The summed E-state index contributed by atoms with van der Waals surface area (Å²) in [5.74, 6) is -1.63. The van der Waals surface area contributed by atoms with Crippen LogP contribution in [0.5, 0.6) is 0 Å². The number of benzene rings is 2. The molecule has 0 atom stereocenters. The summed E-state index contributed by atoms with van der Waals surface area (Å²) in [7, 11) is 0. The molecular formula is C18H13ClFNO3. The van der Waals surface area contributed by atoms with Crippen LogP contribution in [-0.2, 0) is 9.53 Å². The summed E-state index contributed by atoms with van der Waals surface area (Å²) in [5, 5.41) is -0.0214. The molecule has 0 spiro atoms. The molecule has 0 saturated carbocycles. The molecule has 122 valence electrons. The lowest BCUT2D eigenvalue weighted by molar-refractivity contribution is -0.113. The SMILES string of the molecule is CCO/C=C1\C(=O)N(c2ccc(F)cc2Cl)C(=O)c2ccccc21. The smallest absolute Gasteiger partial charge is 0.269 e. The molecule has 0 unspecified atom stereocenters. The van der Waals surface area contributed by atoms with Crippen LogP contribution in [0.15, 0.2) is 48.7 Å². The Balaban J connectivity index is 2.18. The molecular weight excluding hydrogens is 333 g/mol. The van der Waals surface area contributed by atoms with Crippen LogP contribution in [0.2, 0.25) is 5.02 Å². The van der Waals surface area contributed by atoms with Crippen LogP contribution < -0.4 is 4.90 Å². The second-order valence-electron chi connectivity index (χ2n) is 5.07. The second-order valence-corrected chi connectivity index (χ2v) is 5.48. The summed E-state index contributed by atoms with van der Waals surface area (Å²) in [4.78, 5) is 26.6. The van der Waals surface area contributed by atoms with Gasteiger partial charge in [0, 0.05) is 11.1 Å². The molecule has 24 heavy (non-hydrogen) atoms. The van der Waals surface area contributed by atoms with Gasteiger partial charge < -0.3 is 4.74 Å². The highest BCUT2D eigenvalue weighted by Gasteiger charge is 2.37. The van der Waals surface area contributed by atoms with E-state index in [1.54, 1.807) is 31.2 Å². The number of rotatable bonds is 3. The fourth-order valence-electron chi connectivity index (χ4n) is 2.51. The number of anilines is 1. The van der Waals surface area contributed by atoms with Gasteiger partial charge in [-0.05, 0) is 31.2 Å². The van der Waals surface area contributed by atoms with Crippen LogP contribution >= 0.6 is 11.6 Å². The van der Waals surface area contributed by atoms with Crippen molar-refractivity contribution >= 4 is 34.7 Å². The van der Waals surface area contributed by atoms with Gasteiger partial charge in [0.1, 0.15) is 5.82 Å². The third-order valence-corrected chi connectivity index (χ3v) is 3.91. The number of carbonyl (C=O) groups is 2. The molecule has 2 aromatic carbocycles. The summed E-state index contributed by atoms with van der Waals surface area (Å²) >= 11 is 6.04. The van der Waals surface area contributed by atoms with Crippen molar-refractivity contribution in [3.8, 4) is 0 Å². The summed E-state index contributed by atoms with van der Waals surface area (Å²) in [6, 6.07) is 10.3. The Labute approximate surface area is 143 Å². The Morgan fingerprint density at radius 2 is 1.83 bits per heavy atom. The molecule has 1 heterocycles. The third kappa shape index (κ3) is 2.67. The van der Waals surface area contributed by atoms with Crippen LogP contribution in [0.25, 0.3) is 5.57 Å². The first kappa shape index (κ1) is 16.2. The van der Waals surface area contributed by atoms with Crippen molar-refractivity contribution in [3.05, 3.63) is 70.7 Å². The number of fused-ring (bicyclic) bond motifs is 1. The van der Waals surface area contributed by atoms with Crippen molar-refractivity contribution in [2.75, 3.05) is 11.5 Å². The van der Waals surface area contributed by atoms with Gasteiger partial charge in [0.05, 0.1) is 29.2 Å². The van der Waals surface area contributed by atoms with Crippen molar-refractivity contribution in [2.45, 2.75) is 6.92 Å². The number of halogens is 2. The highest BCUT2D eigenvalue weighted by molar-refractivity contribution is 6.43. The molecule has 0 N–H and O–H groups in total. The van der Waals surface area contributed by atoms with Gasteiger partial charge in [-0.15, -0.1) is 0 Å². The van der Waals surface area contributed by atoms with Gasteiger partial charge in [-0.2, -0.15) is 0 Å². The maximum atomic E-state index is 13.3. The first-order valence-corrected chi connectivity index (χ1v) is 7.67. The lowest BCUT2D eigenvalue weighted by Gasteiger charge is -2.29. The predicted octanol–water partition coefficient (Wildman–Crippen LogP) is 4.04. The van der Waals surface area contributed by atoms with Crippen molar-refractivity contribution in [1.82, 2.24) is 0 Å². The zero-order valence-corrected chi connectivity index (χ0v) is 13.5. The van der Waals surface area contributed by atoms with Crippen molar-refractivity contribution < 1.29 is 18.7 Å². The molecule has 1 aliphatic heterocycles. The van der Waals surface area contributed by atoms with Gasteiger partial charge in [0.2, 0.25) is 0 Å². The maximum Gasteiger partial charge on any atom is 0.269 e. The van der Waals surface area contributed by atoms with Crippen LogP contribution in [0, 0.1) is 5.82 Å². The number of ether oxygens (including phenoxy) is 1. The van der Waals surface area contributed by atoms with Gasteiger partial charge in [0.15, 0.2) is 0 Å². The van der Waals surface area contributed by atoms with E-state index in [0.717, 1.165) is 17.0 Å². The molecule has 2 aromatic rings. The molecule has 3 rings (SSSR count). The molecule has 6 heteroatoms. The monoisotopic (exact) mass is 345 g/mol. The molecule has 0 saturated heterocycles. The minimum Gasteiger partial charge on any atom is -0.501 e. The van der Waals surface area contributed by atoms with Gasteiger partial charge in [-0.25, -0.2) is 9.29 Å². The number of carbonyl (C=O) groups excluding carboxylic acids is 2. The van der Waals surface area contributed by atoms with Gasteiger partial charge in [-0.3, -0.25) is 9.59 Å². The van der Waals surface area contributed by atoms with E-state index in [1.165, 1.54) is 12.3 Å². The van der Waals surface area contributed by atoms with Crippen molar-refractivity contribution in [1.29, 1.82) is 0 Å². The zero-order valence-electron chi connectivity index (χ0n) is 12.8. The van der Waals surface area contributed by atoms with Gasteiger partial charge >= 0.3 is 0 Å². The minimum atomic E-state index is -0.569. The average Bonchev–Trinajstić information content (AvgIpc) is 2.57. The highest BCUT2D eigenvalue weighted by atomic mass is 35.5. The summed E-state index contributed by atoms with van der Waals surface area (Å²) in [6.07, 6.45) is 1.33. The van der Waals surface area contributed by atoms with Crippen molar-refractivity contribution in [2.24, 2.45) is 0 Å². The quantitative estimate of drug-likeness (QED) is 0.479. The standard InChI is InChI=1S/C18H13ClFNO3/c1-2-24-10-14-12-5-3-4-6-13(12)17(22)21(18(14)23)16-8-7-11(20)9-15(16)19/h3-10H,2H2,1H3/b14-10-. The van der Waals surface area contributed by atoms with Crippen LogP contribution in [0.4, 0.5) is 10.1 Å². The van der Waals surface area contributed by atoms with E-state index >= 15 is 0 Å². The van der Waals surface area contributed by atoms with E-state index in [2.05, 4.69) is 0 Å². The lowest BCUT2D eigenvalue weighted by atomic mass is 9.94. The first-order chi connectivity index (χ1) is 11.5. The molecule has 0 aliphatic carbocycles. The maximum absolute atomic E-state index is 13.3. The van der Waals surface area contributed by atoms with E-state index in [-0.39, 0.29) is 16.3 Å². The van der Waals surface area contributed by atoms with E-state index in [9.17, 15) is 14.0 Å². The second kappa shape index (κ2) is 6.45. The molecule has 0 fully saturated rings. The molecule has 0 aromatic heterocycles. The average molecular weight is 346 g/mol. The van der Waals surface area contributed by atoms with E-state index in [4.69, 9.17) is 16.3 Å². The Morgan fingerprint density at radius 1 is 1.12 bits per heavy atom. The number of hydrogen-bond donors (Lipinski definition) is 0. The van der Waals surface area contributed by atoms with E-state index < -0.39 is 17.6 Å². The first-order valence-electron chi connectivity index (χ1n) is 7.29. The van der Waals surface area contributed by atoms with Crippen molar-refractivity contribution in [3.63, 3.8) is 0 Å². The summed E-state index contributed by atoms with van der Waals surface area (Å²) in [5.41, 5.74) is 1.22. The van der Waals surface area contributed by atoms with Crippen LogP contribution in [0.1, 0.15) is 22.8 Å². The van der Waals surface area contributed by atoms with E-state index in [0.29, 0.717) is 17.7 Å². The minimum absolute atomic E-state index is 0.0214. The number of imide groups is 1. The molecule has 0 bridgehead atoms. The third-order valence-electron chi connectivity index (χ3n) is 3.60. The number of nitrogens with zero attached hydrogens (tertiary/aromatic N) is 1. The summed E-state index contributed by atoms with van der Waals surface area (Å²) < 4.78 is 18.5. The zero-order chi connectivity index (χ0) is 17.3. The Morgan fingerprint density at radius 3 is 2.50 bits per heavy atom.